The fourth-order valence-corrected chi connectivity index (χ4v) is 8.68. The van der Waals surface area contributed by atoms with Crippen LogP contribution in [0, 0.1) is 5.92 Å². The highest BCUT2D eigenvalue weighted by Crippen LogP contribution is 2.39. The molecule has 2 aliphatic heterocycles. The second-order valence-corrected chi connectivity index (χ2v) is 16.0. The van der Waals surface area contributed by atoms with Crippen LogP contribution in [0.4, 0.5) is 10.1 Å². The minimum absolute atomic E-state index is 0.0546. The van der Waals surface area contributed by atoms with Gasteiger partial charge in [0, 0.05) is 80.4 Å². The molecule has 2 saturated heterocycles. The van der Waals surface area contributed by atoms with Crippen molar-refractivity contribution in [2.45, 2.75) is 83.2 Å². The SMILES string of the molecule is CCOC(=O)C1CCC(OC(C(=O)Cc2cc(Cl)c(NC(=O)c3cn(C)c4ccccc34)cc2Cl)(N2CCCC2)N2CCN(C(C)(C)CF)CC2)CC1. The van der Waals surface area contributed by atoms with Gasteiger partial charge in [0.2, 0.25) is 5.85 Å². The Hall–Kier alpha value is -3.06. The summed E-state index contributed by atoms with van der Waals surface area (Å²) >= 11 is 13.7. The fraction of sp³-hybridized carbons (Fsp3) is 0.575. The standard InChI is InChI=1S/C40H52Cl2FN5O5/c1-5-52-38(51)27-12-14-29(15-13-27)53-40(47-16-8-9-17-47,48-20-18-46(19-21-48)39(2,3)26-43)36(49)23-28-22-33(42)34(24-32(28)41)44-37(50)31-25-45(4)35-11-7-6-10-30(31)35/h6-7,10-11,22,24-25,27,29H,5,8-9,12-21,23,26H2,1-4H3,(H,44,50). The number of anilines is 1. The van der Waals surface area contributed by atoms with Gasteiger partial charge in [0.15, 0.2) is 5.78 Å². The molecule has 2 aromatic carbocycles. The van der Waals surface area contributed by atoms with E-state index in [2.05, 4.69) is 20.0 Å². The topological polar surface area (TPSA) is 96.3 Å². The average molecular weight is 773 g/mol. The highest BCUT2D eigenvalue weighted by molar-refractivity contribution is 6.36. The summed E-state index contributed by atoms with van der Waals surface area (Å²) in [7, 11) is 1.89. The Balaban J connectivity index is 1.27. The summed E-state index contributed by atoms with van der Waals surface area (Å²) in [5.41, 5.74) is 1.69. The smallest absolute Gasteiger partial charge is 0.308 e. The number of nitrogens with one attached hydrogen (secondary N) is 1. The first-order valence-corrected chi connectivity index (χ1v) is 19.7. The summed E-state index contributed by atoms with van der Waals surface area (Å²) in [6, 6.07) is 10.9. The Morgan fingerprint density at radius 2 is 1.55 bits per heavy atom. The number of esters is 1. The van der Waals surface area contributed by atoms with Crippen molar-refractivity contribution in [3.63, 3.8) is 0 Å². The molecule has 0 spiro atoms. The van der Waals surface area contributed by atoms with Gasteiger partial charge in [-0.2, -0.15) is 0 Å². The lowest BCUT2D eigenvalue weighted by Crippen LogP contribution is -2.71. The van der Waals surface area contributed by atoms with Crippen LogP contribution in [0.3, 0.4) is 0 Å². The lowest BCUT2D eigenvalue weighted by molar-refractivity contribution is -0.262. The van der Waals surface area contributed by atoms with Gasteiger partial charge in [0.1, 0.15) is 6.67 Å². The van der Waals surface area contributed by atoms with Crippen molar-refractivity contribution in [3.05, 3.63) is 63.8 Å². The highest BCUT2D eigenvalue weighted by atomic mass is 35.5. The van der Waals surface area contributed by atoms with Crippen molar-refractivity contribution in [1.82, 2.24) is 19.3 Å². The molecule has 1 saturated carbocycles. The molecule has 6 rings (SSSR count). The third-order valence-corrected chi connectivity index (χ3v) is 12.0. The van der Waals surface area contributed by atoms with Crippen LogP contribution in [0.15, 0.2) is 42.6 Å². The number of hydrogen-bond acceptors (Lipinski definition) is 8. The van der Waals surface area contributed by atoms with Crippen molar-refractivity contribution in [3.8, 4) is 0 Å². The molecular formula is C40H52Cl2FN5O5. The van der Waals surface area contributed by atoms with E-state index in [4.69, 9.17) is 32.7 Å². The number of benzene rings is 2. The number of carbonyl (C=O) groups excluding carboxylic acids is 3. The van der Waals surface area contributed by atoms with Gasteiger partial charge in [-0.15, -0.1) is 0 Å². The number of carbonyl (C=O) groups is 3. The number of piperazine rings is 1. The highest BCUT2D eigenvalue weighted by Gasteiger charge is 2.53. The van der Waals surface area contributed by atoms with Crippen LogP contribution in [0.25, 0.3) is 10.9 Å². The zero-order chi connectivity index (χ0) is 37.9. The molecule has 1 unspecified atom stereocenters. The molecule has 1 aliphatic carbocycles. The molecule has 3 aromatic rings. The third kappa shape index (κ3) is 8.31. The number of fused-ring (bicyclic) bond motifs is 1. The number of alkyl halides is 1. The molecule has 10 nitrogen and oxygen atoms in total. The molecule has 1 atom stereocenters. The van der Waals surface area contributed by atoms with Gasteiger partial charge in [-0.3, -0.25) is 29.1 Å². The predicted molar refractivity (Wildman–Crippen MR) is 206 cm³/mol. The van der Waals surface area contributed by atoms with Gasteiger partial charge in [0.25, 0.3) is 5.91 Å². The number of amides is 1. The van der Waals surface area contributed by atoms with Gasteiger partial charge in [-0.05, 0) is 83.1 Å². The van der Waals surface area contributed by atoms with Crippen molar-refractivity contribution in [2.24, 2.45) is 13.0 Å². The summed E-state index contributed by atoms with van der Waals surface area (Å²) in [6.07, 6.45) is 5.83. The Bertz CT molecular complexity index is 1800. The summed E-state index contributed by atoms with van der Waals surface area (Å²) in [5, 5.41) is 4.30. The second-order valence-electron chi connectivity index (χ2n) is 15.2. The van der Waals surface area contributed by atoms with Gasteiger partial charge in [0.05, 0.1) is 34.9 Å². The van der Waals surface area contributed by atoms with Crippen molar-refractivity contribution < 1.29 is 28.2 Å². The summed E-state index contributed by atoms with van der Waals surface area (Å²) in [4.78, 5) is 47.5. The minimum Gasteiger partial charge on any atom is -0.466 e. The monoisotopic (exact) mass is 771 g/mol. The lowest BCUT2D eigenvalue weighted by atomic mass is 9.87. The fourth-order valence-electron chi connectivity index (χ4n) is 8.22. The number of ether oxygens (including phenoxy) is 2. The van der Waals surface area contributed by atoms with E-state index in [1.807, 2.05) is 56.7 Å². The minimum atomic E-state index is -1.39. The van der Waals surface area contributed by atoms with E-state index in [-0.39, 0.29) is 41.1 Å². The first kappa shape index (κ1) is 39.6. The number of aryl methyl sites for hydroxylation is 1. The average Bonchev–Trinajstić information content (AvgIpc) is 3.82. The number of halogens is 3. The number of Topliss-reactive ketones (excluding diaryl/α,β-unsaturated/α-hetero) is 1. The van der Waals surface area contributed by atoms with Gasteiger partial charge in [-0.25, -0.2) is 4.39 Å². The Kier molecular flexibility index (Phi) is 12.5. The quantitative estimate of drug-likeness (QED) is 0.184. The molecule has 1 N–H and O–H groups in total. The second kappa shape index (κ2) is 16.8. The van der Waals surface area contributed by atoms with Gasteiger partial charge in [-0.1, -0.05) is 41.4 Å². The van der Waals surface area contributed by atoms with Crippen LogP contribution in [0.5, 0.6) is 0 Å². The van der Waals surface area contributed by atoms with E-state index >= 15 is 4.79 Å². The maximum atomic E-state index is 15.1. The molecule has 0 bridgehead atoms. The predicted octanol–water partition coefficient (Wildman–Crippen LogP) is 7.10. The van der Waals surface area contributed by atoms with Crippen molar-refractivity contribution in [1.29, 1.82) is 0 Å². The number of nitrogens with zero attached hydrogens (tertiary/aromatic N) is 4. The Morgan fingerprint density at radius 3 is 2.21 bits per heavy atom. The van der Waals surface area contributed by atoms with E-state index in [1.54, 1.807) is 18.3 Å². The number of para-hydroxylation sites is 1. The molecule has 288 valence electrons. The van der Waals surface area contributed by atoms with Crippen LogP contribution >= 0.6 is 23.2 Å². The van der Waals surface area contributed by atoms with Gasteiger partial charge >= 0.3 is 5.97 Å². The molecule has 53 heavy (non-hydrogen) atoms. The van der Waals surface area contributed by atoms with Crippen LogP contribution in [0.1, 0.15) is 75.2 Å². The lowest BCUT2D eigenvalue weighted by Gasteiger charge is -2.53. The number of rotatable bonds is 13. The molecule has 3 heterocycles. The van der Waals surface area contributed by atoms with Crippen molar-refractivity contribution in [2.75, 3.05) is 57.9 Å². The van der Waals surface area contributed by atoms with Crippen LogP contribution in [-0.4, -0.2) is 107 Å². The zero-order valence-corrected chi connectivity index (χ0v) is 32.8. The maximum absolute atomic E-state index is 15.1. The number of hydrogen-bond donors (Lipinski definition) is 1. The summed E-state index contributed by atoms with van der Waals surface area (Å²) in [6.45, 7) is 9.05. The normalized spacial score (nSPS) is 21.8. The first-order chi connectivity index (χ1) is 25.4. The molecule has 0 radical (unpaired) electrons. The number of likely N-dealkylation sites (tertiary alicyclic amines) is 1. The van der Waals surface area contributed by atoms with Crippen LogP contribution in [0.2, 0.25) is 10.0 Å². The van der Waals surface area contributed by atoms with E-state index in [1.165, 1.54) is 0 Å². The molecule has 3 fully saturated rings. The third-order valence-electron chi connectivity index (χ3n) is 11.3. The van der Waals surface area contributed by atoms with E-state index < -0.39 is 18.1 Å². The largest absolute Gasteiger partial charge is 0.466 e. The molecule has 1 aromatic heterocycles. The van der Waals surface area contributed by atoms with E-state index in [9.17, 15) is 14.0 Å². The summed E-state index contributed by atoms with van der Waals surface area (Å²) < 4.78 is 28.4. The molecule has 13 heteroatoms. The van der Waals surface area contributed by atoms with E-state index in [0.717, 1.165) is 23.7 Å². The van der Waals surface area contributed by atoms with Crippen LogP contribution in [-0.2, 0) is 32.5 Å². The Morgan fingerprint density at radius 1 is 0.906 bits per heavy atom. The molecular weight excluding hydrogens is 720 g/mol. The summed E-state index contributed by atoms with van der Waals surface area (Å²) in [5.74, 6) is -2.23. The Labute approximate surface area is 321 Å². The van der Waals surface area contributed by atoms with Gasteiger partial charge < -0.3 is 19.4 Å². The number of aromatic nitrogens is 1. The van der Waals surface area contributed by atoms with E-state index in [0.29, 0.717) is 93.4 Å². The van der Waals surface area contributed by atoms with Crippen LogP contribution < -0.4 is 5.32 Å². The first-order valence-electron chi connectivity index (χ1n) is 18.9. The zero-order valence-electron chi connectivity index (χ0n) is 31.3. The molecule has 1 amide bonds. The molecule has 3 aliphatic rings. The number of ketones is 1. The maximum Gasteiger partial charge on any atom is 0.308 e. The van der Waals surface area contributed by atoms with Crippen molar-refractivity contribution >= 4 is 57.5 Å².